The van der Waals surface area contributed by atoms with Gasteiger partial charge in [0, 0.05) is 61.8 Å². The molecular weight excluding hydrogens is 631 g/mol. The van der Waals surface area contributed by atoms with Crippen LogP contribution in [0.3, 0.4) is 0 Å². The molecule has 0 aliphatic heterocycles. The number of para-hydroxylation sites is 4. The van der Waals surface area contributed by atoms with Crippen molar-refractivity contribution in [3.63, 3.8) is 0 Å². The minimum Gasteiger partial charge on any atom is -0.344 e. The van der Waals surface area contributed by atoms with Crippen molar-refractivity contribution in [3.8, 4) is 33.6 Å². The molecule has 0 aliphatic carbocycles. The molecule has 0 unspecified atom stereocenters. The van der Waals surface area contributed by atoms with E-state index in [2.05, 4.69) is 203 Å². The van der Waals surface area contributed by atoms with E-state index in [-0.39, 0.29) is 0 Å². The quantitative estimate of drug-likeness (QED) is 0.178. The molecule has 52 heavy (non-hydrogen) atoms. The van der Waals surface area contributed by atoms with Crippen LogP contribution in [-0.2, 0) is 7.05 Å². The Bertz CT molecular complexity index is 3180. The lowest BCUT2D eigenvalue weighted by Gasteiger charge is -2.09. The van der Waals surface area contributed by atoms with E-state index in [1.165, 1.54) is 99.0 Å². The number of fused-ring (bicyclic) bond motifs is 9. The van der Waals surface area contributed by atoms with Crippen molar-refractivity contribution in [1.29, 1.82) is 0 Å². The Labute approximate surface area is 300 Å². The fourth-order valence-electron chi connectivity index (χ4n) is 8.59. The second-order valence-corrected chi connectivity index (χ2v) is 13.9. The number of aryl methyl sites for hydroxylation is 1. The third kappa shape index (κ3) is 4.20. The van der Waals surface area contributed by atoms with Crippen molar-refractivity contribution < 1.29 is 0 Å². The Morgan fingerprint density at radius 2 is 0.635 bits per heavy atom. The van der Waals surface area contributed by atoms with Gasteiger partial charge in [0.1, 0.15) is 0 Å². The highest BCUT2D eigenvalue weighted by Crippen LogP contribution is 2.39. The predicted molar refractivity (Wildman–Crippen MR) is 220 cm³/mol. The molecular formula is C49H33N3. The molecule has 0 aliphatic rings. The molecule has 11 rings (SSSR count). The van der Waals surface area contributed by atoms with Gasteiger partial charge in [-0.1, -0.05) is 103 Å². The maximum atomic E-state index is 2.39. The summed E-state index contributed by atoms with van der Waals surface area (Å²) in [6.07, 6.45) is 0. The molecule has 0 N–H and O–H groups in total. The van der Waals surface area contributed by atoms with Gasteiger partial charge in [0.2, 0.25) is 0 Å². The van der Waals surface area contributed by atoms with Crippen molar-refractivity contribution in [3.05, 3.63) is 182 Å². The van der Waals surface area contributed by atoms with E-state index in [4.69, 9.17) is 0 Å². The van der Waals surface area contributed by atoms with E-state index in [1.54, 1.807) is 0 Å². The first-order chi connectivity index (χ1) is 25.7. The first kappa shape index (κ1) is 28.9. The van der Waals surface area contributed by atoms with Gasteiger partial charge in [-0.05, 0) is 101 Å². The Kier molecular flexibility index (Phi) is 6.17. The molecule has 3 nitrogen and oxygen atoms in total. The van der Waals surface area contributed by atoms with Crippen molar-refractivity contribution in [2.45, 2.75) is 0 Å². The highest BCUT2D eigenvalue weighted by molar-refractivity contribution is 6.14. The molecule has 244 valence electrons. The molecule has 8 aromatic carbocycles. The van der Waals surface area contributed by atoms with Crippen LogP contribution in [0.15, 0.2) is 182 Å². The lowest BCUT2D eigenvalue weighted by atomic mass is 9.98. The van der Waals surface area contributed by atoms with Gasteiger partial charge in [0.15, 0.2) is 0 Å². The number of hydrogen-bond acceptors (Lipinski definition) is 0. The molecule has 0 amide bonds. The van der Waals surface area contributed by atoms with Crippen LogP contribution in [0.2, 0.25) is 0 Å². The number of aromatic nitrogens is 3. The lowest BCUT2D eigenvalue weighted by Crippen LogP contribution is -1.93. The van der Waals surface area contributed by atoms with Crippen molar-refractivity contribution >= 4 is 65.4 Å². The average molecular weight is 664 g/mol. The Hall–Kier alpha value is -6.84. The highest BCUT2D eigenvalue weighted by Gasteiger charge is 2.17. The molecule has 3 aromatic heterocycles. The SMILES string of the molecule is Cn1c2ccc(-c3ccc4c(c3)c3ccccc3n4-c3ccccc3)cc2c2cc(-c3ccc4c5ccccc5n(-c5ccccc5)c4c3)ccc21. The summed E-state index contributed by atoms with van der Waals surface area (Å²) in [5.41, 5.74) is 14.6. The Balaban J connectivity index is 1.07. The minimum absolute atomic E-state index is 1.17. The zero-order valence-corrected chi connectivity index (χ0v) is 28.7. The van der Waals surface area contributed by atoms with Gasteiger partial charge in [0.25, 0.3) is 0 Å². The van der Waals surface area contributed by atoms with Crippen LogP contribution >= 0.6 is 0 Å². The van der Waals surface area contributed by atoms with Crippen LogP contribution in [0.1, 0.15) is 0 Å². The average Bonchev–Trinajstić information content (AvgIpc) is 3.82. The number of rotatable bonds is 4. The summed E-state index contributed by atoms with van der Waals surface area (Å²) in [6, 6.07) is 66.6. The molecule has 3 heteroatoms. The highest BCUT2D eigenvalue weighted by atomic mass is 15.0. The predicted octanol–water partition coefficient (Wildman–Crippen LogP) is 12.9. The van der Waals surface area contributed by atoms with Crippen molar-refractivity contribution in [2.75, 3.05) is 0 Å². The summed E-state index contributed by atoms with van der Waals surface area (Å²) in [6.45, 7) is 0. The van der Waals surface area contributed by atoms with E-state index < -0.39 is 0 Å². The molecule has 0 fully saturated rings. The van der Waals surface area contributed by atoms with Crippen LogP contribution in [0.4, 0.5) is 0 Å². The summed E-state index contributed by atoms with van der Waals surface area (Å²) >= 11 is 0. The smallest absolute Gasteiger partial charge is 0.0547 e. The fourth-order valence-corrected chi connectivity index (χ4v) is 8.59. The number of nitrogens with zero attached hydrogens (tertiary/aromatic N) is 3. The largest absolute Gasteiger partial charge is 0.344 e. The third-order valence-electron chi connectivity index (χ3n) is 11.0. The maximum Gasteiger partial charge on any atom is 0.0547 e. The topological polar surface area (TPSA) is 14.8 Å². The van der Waals surface area contributed by atoms with Gasteiger partial charge >= 0.3 is 0 Å². The first-order valence-electron chi connectivity index (χ1n) is 17.9. The van der Waals surface area contributed by atoms with E-state index in [0.29, 0.717) is 0 Å². The van der Waals surface area contributed by atoms with Gasteiger partial charge in [0.05, 0.1) is 22.1 Å². The molecule has 11 aromatic rings. The molecule has 0 saturated heterocycles. The van der Waals surface area contributed by atoms with Crippen molar-refractivity contribution in [2.24, 2.45) is 7.05 Å². The van der Waals surface area contributed by atoms with E-state index in [9.17, 15) is 0 Å². The fraction of sp³-hybridized carbons (Fsp3) is 0.0204. The summed E-state index contributed by atoms with van der Waals surface area (Å²) in [7, 11) is 2.18. The van der Waals surface area contributed by atoms with Crippen LogP contribution in [0, 0.1) is 0 Å². The van der Waals surface area contributed by atoms with Crippen LogP contribution in [-0.4, -0.2) is 13.7 Å². The Morgan fingerprint density at radius 1 is 0.269 bits per heavy atom. The van der Waals surface area contributed by atoms with Crippen LogP contribution < -0.4 is 0 Å². The normalized spacial score (nSPS) is 11.9. The van der Waals surface area contributed by atoms with Gasteiger partial charge in [-0.25, -0.2) is 0 Å². The zero-order valence-electron chi connectivity index (χ0n) is 28.7. The number of benzene rings is 8. The third-order valence-corrected chi connectivity index (χ3v) is 11.0. The molecule has 0 radical (unpaired) electrons. The van der Waals surface area contributed by atoms with Crippen molar-refractivity contribution in [1.82, 2.24) is 13.7 Å². The second kappa shape index (κ2) is 11.1. The maximum absolute atomic E-state index is 2.39. The van der Waals surface area contributed by atoms with E-state index in [0.717, 1.165) is 0 Å². The van der Waals surface area contributed by atoms with Gasteiger partial charge in [-0.2, -0.15) is 0 Å². The van der Waals surface area contributed by atoms with E-state index >= 15 is 0 Å². The van der Waals surface area contributed by atoms with Crippen LogP contribution in [0.5, 0.6) is 0 Å². The molecule has 0 saturated carbocycles. The monoisotopic (exact) mass is 663 g/mol. The first-order valence-corrected chi connectivity index (χ1v) is 17.9. The van der Waals surface area contributed by atoms with Gasteiger partial charge < -0.3 is 13.7 Å². The lowest BCUT2D eigenvalue weighted by molar-refractivity contribution is 1.01. The van der Waals surface area contributed by atoms with Gasteiger partial charge in [-0.3, -0.25) is 0 Å². The number of hydrogen-bond donors (Lipinski definition) is 0. The standard InChI is InChI=1S/C49H33N3/c1-50-44-25-21-32(33-23-27-48-41(28-33)39-17-9-11-19-47(39)51(48)36-12-4-2-5-13-36)29-42(44)43-30-34(22-26-45(43)50)35-20-24-40-38-16-8-10-18-46(38)52(49(40)31-35)37-14-6-3-7-15-37/h2-31H,1H3. The summed E-state index contributed by atoms with van der Waals surface area (Å²) in [4.78, 5) is 0. The zero-order chi connectivity index (χ0) is 34.3. The summed E-state index contributed by atoms with van der Waals surface area (Å²) < 4.78 is 7.09. The molecule has 0 spiro atoms. The second-order valence-electron chi connectivity index (χ2n) is 13.9. The summed E-state index contributed by atoms with van der Waals surface area (Å²) in [5, 5.41) is 7.60. The van der Waals surface area contributed by atoms with Gasteiger partial charge in [-0.15, -0.1) is 0 Å². The molecule has 0 atom stereocenters. The summed E-state index contributed by atoms with van der Waals surface area (Å²) in [5.74, 6) is 0. The van der Waals surface area contributed by atoms with E-state index in [1.807, 2.05) is 0 Å². The van der Waals surface area contributed by atoms with Crippen LogP contribution in [0.25, 0.3) is 99.0 Å². The minimum atomic E-state index is 1.17. The molecule has 3 heterocycles. The molecule has 0 bridgehead atoms. The Morgan fingerprint density at radius 3 is 1.19 bits per heavy atom.